The minimum Gasteiger partial charge on any atom is -0.493 e. The largest absolute Gasteiger partial charge is 0.493 e. The average Bonchev–Trinajstić information content (AvgIpc) is 3.15. The fourth-order valence-corrected chi connectivity index (χ4v) is 2.52. The van der Waals surface area contributed by atoms with Crippen molar-refractivity contribution < 1.29 is 18.8 Å². The van der Waals surface area contributed by atoms with Crippen LogP contribution in [-0.4, -0.2) is 25.3 Å². The summed E-state index contributed by atoms with van der Waals surface area (Å²) < 4.78 is 15.7. The molecule has 3 aromatic rings. The van der Waals surface area contributed by atoms with E-state index in [1.807, 2.05) is 12.1 Å². The third kappa shape index (κ3) is 3.97. The molecule has 0 saturated heterocycles. The lowest BCUT2D eigenvalue weighted by molar-refractivity contribution is 0.0949. The predicted molar refractivity (Wildman–Crippen MR) is 97.7 cm³/mol. The lowest BCUT2D eigenvalue weighted by Crippen LogP contribution is -2.22. The first-order valence-corrected chi connectivity index (χ1v) is 8.20. The SMILES string of the molecule is COc1ccc(C(=O)NCc2cc(-c3ccc(Cl)cc3)on2)cc1OC. The number of nitrogens with one attached hydrogen (secondary N) is 1. The molecule has 0 aliphatic rings. The highest BCUT2D eigenvalue weighted by Gasteiger charge is 2.12. The molecule has 6 nitrogen and oxygen atoms in total. The number of ether oxygens (including phenoxy) is 2. The molecule has 0 aliphatic carbocycles. The highest BCUT2D eigenvalue weighted by Crippen LogP contribution is 2.27. The number of nitrogens with zero attached hydrogens (tertiary/aromatic N) is 1. The van der Waals surface area contributed by atoms with Gasteiger partial charge in [0, 0.05) is 22.2 Å². The van der Waals surface area contributed by atoms with Crippen LogP contribution >= 0.6 is 11.6 Å². The van der Waals surface area contributed by atoms with Gasteiger partial charge in [-0.15, -0.1) is 0 Å². The van der Waals surface area contributed by atoms with Gasteiger partial charge in [0.25, 0.3) is 5.91 Å². The zero-order valence-corrected chi connectivity index (χ0v) is 15.0. The minimum absolute atomic E-state index is 0.240. The second-order valence-corrected chi connectivity index (χ2v) is 5.88. The Morgan fingerprint density at radius 3 is 2.50 bits per heavy atom. The van der Waals surface area contributed by atoms with Gasteiger partial charge in [0.05, 0.1) is 20.8 Å². The topological polar surface area (TPSA) is 73.6 Å². The number of rotatable bonds is 6. The number of hydrogen-bond acceptors (Lipinski definition) is 5. The van der Waals surface area contributed by atoms with Crippen LogP contribution in [0.5, 0.6) is 11.5 Å². The van der Waals surface area contributed by atoms with Crippen LogP contribution in [-0.2, 0) is 6.54 Å². The molecule has 0 atom stereocenters. The summed E-state index contributed by atoms with van der Waals surface area (Å²) in [6, 6.07) is 14.0. The minimum atomic E-state index is -0.248. The quantitative estimate of drug-likeness (QED) is 0.709. The standard InChI is InChI=1S/C19H17ClN2O4/c1-24-16-8-5-13(9-18(16)25-2)19(23)21-11-15-10-17(26-22-15)12-3-6-14(20)7-4-12/h3-10H,11H2,1-2H3,(H,21,23). The second-order valence-electron chi connectivity index (χ2n) is 5.44. The molecule has 0 aliphatic heterocycles. The van der Waals surface area contributed by atoms with Gasteiger partial charge in [-0.2, -0.15) is 0 Å². The Kier molecular flexibility index (Phi) is 5.43. The summed E-state index contributed by atoms with van der Waals surface area (Å²) in [7, 11) is 3.06. The Bertz CT molecular complexity index is 906. The van der Waals surface area contributed by atoms with E-state index in [0.717, 1.165) is 5.56 Å². The summed E-state index contributed by atoms with van der Waals surface area (Å²) in [5.41, 5.74) is 1.94. The van der Waals surface area contributed by atoms with Gasteiger partial charge in [-0.25, -0.2) is 0 Å². The smallest absolute Gasteiger partial charge is 0.251 e. The van der Waals surface area contributed by atoms with Crippen LogP contribution in [0.3, 0.4) is 0 Å². The van der Waals surface area contributed by atoms with Gasteiger partial charge in [0.2, 0.25) is 0 Å². The zero-order valence-electron chi connectivity index (χ0n) is 14.3. The second kappa shape index (κ2) is 7.93. The van der Waals surface area contributed by atoms with E-state index >= 15 is 0 Å². The Hall–Kier alpha value is -2.99. The van der Waals surface area contributed by atoms with Gasteiger partial charge < -0.3 is 19.3 Å². The number of carbonyl (C=O) groups excluding carboxylic acids is 1. The molecule has 0 unspecified atom stereocenters. The van der Waals surface area contributed by atoms with Crippen LogP contribution in [0, 0.1) is 0 Å². The maximum absolute atomic E-state index is 12.3. The number of hydrogen-bond donors (Lipinski definition) is 1. The van der Waals surface area contributed by atoms with Crippen molar-refractivity contribution in [1.29, 1.82) is 0 Å². The molecule has 1 aromatic heterocycles. The highest BCUT2D eigenvalue weighted by atomic mass is 35.5. The molecule has 1 heterocycles. The molecular formula is C19H17ClN2O4. The van der Waals surface area contributed by atoms with E-state index in [1.165, 1.54) is 7.11 Å². The molecule has 0 fully saturated rings. The maximum atomic E-state index is 12.3. The van der Waals surface area contributed by atoms with Crippen LogP contribution in [0.4, 0.5) is 0 Å². The lowest BCUT2D eigenvalue weighted by Gasteiger charge is -2.09. The molecule has 134 valence electrons. The van der Waals surface area contributed by atoms with Crippen molar-refractivity contribution in [2.24, 2.45) is 0 Å². The van der Waals surface area contributed by atoms with Crippen molar-refractivity contribution in [3.05, 3.63) is 64.8 Å². The number of benzene rings is 2. The van der Waals surface area contributed by atoms with E-state index in [-0.39, 0.29) is 12.5 Å². The molecule has 1 amide bonds. The molecule has 0 spiro atoms. The molecule has 7 heteroatoms. The van der Waals surface area contributed by atoms with Crippen molar-refractivity contribution >= 4 is 17.5 Å². The average molecular weight is 373 g/mol. The van der Waals surface area contributed by atoms with E-state index in [4.69, 9.17) is 25.6 Å². The van der Waals surface area contributed by atoms with E-state index in [9.17, 15) is 4.79 Å². The van der Waals surface area contributed by atoms with Gasteiger partial charge >= 0.3 is 0 Å². The summed E-state index contributed by atoms with van der Waals surface area (Å²) >= 11 is 5.88. The molecular weight excluding hydrogens is 356 g/mol. The molecule has 0 radical (unpaired) electrons. The van der Waals surface area contributed by atoms with Crippen LogP contribution in [0.15, 0.2) is 53.1 Å². The summed E-state index contributed by atoms with van der Waals surface area (Å²) in [4.78, 5) is 12.3. The maximum Gasteiger partial charge on any atom is 0.251 e. The van der Waals surface area contributed by atoms with E-state index in [1.54, 1.807) is 43.5 Å². The first kappa shape index (κ1) is 17.8. The first-order chi connectivity index (χ1) is 12.6. The molecule has 2 aromatic carbocycles. The van der Waals surface area contributed by atoms with Gasteiger partial charge in [-0.3, -0.25) is 4.79 Å². The van der Waals surface area contributed by atoms with Gasteiger partial charge in [-0.05, 0) is 42.5 Å². The monoisotopic (exact) mass is 372 g/mol. The van der Waals surface area contributed by atoms with Crippen LogP contribution in [0.2, 0.25) is 5.02 Å². The lowest BCUT2D eigenvalue weighted by atomic mass is 10.1. The van der Waals surface area contributed by atoms with Gasteiger partial charge in [0.15, 0.2) is 17.3 Å². The Balaban J connectivity index is 1.66. The molecule has 0 bridgehead atoms. The zero-order chi connectivity index (χ0) is 18.5. The highest BCUT2D eigenvalue weighted by molar-refractivity contribution is 6.30. The van der Waals surface area contributed by atoms with Gasteiger partial charge in [-0.1, -0.05) is 16.8 Å². The van der Waals surface area contributed by atoms with Crippen LogP contribution in [0.1, 0.15) is 16.1 Å². The van der Waals surface area contributed by atoms with Crippen LogP contribution < -0.4 is 14.8 Å². The van der Waals surface area contributed by atoms with Crippen molar-refractivity contribution in [2.75, 3.05) is 14.2 Å². The normalized spacial score (nSPS) is 10.4. The fraction of sp³-hybridized carbons (Fsp3) is 0.158. The first-order valence-electron chi connectivity index (χ1n) is 7.82. The van der Waals surface area contributed by atoms with Crippen molar-refractivity contribution in [1.82, 2.24) is 10.5 Å². The van der Waals surface area contributed by atoms with E-state index in [0.29, 0.717) is 33.5 Å². The molecule has 1 N–H and O–H groups in total. The number of amides is 1. The third-order valence-electron chi connectivity index (χ3n) is 3.76. The molecule has 3 rings (SSSR count). The summed E-state index contributed by atoms with van der Waals surface area (Å²) in [6.45, 7) is 0.240. The van der Waals surface area contributed by atoms with Crippen molar-refractivity contribution in [3.63, 3.8) is 0 Å². The molecule has 26 heavy (non-hydrogen) atoms. The van der Waals surface area contributed by atoms with Crippen molar-refractivity contribution in [3.8, 4) is 22.8 Å². The number of carbonyl (C=O) groups is 1. The van der Waals surface area contributed by atoms with E-state index < -0.39 is 0 Å². The summed E-state index contributed by atoms with van der Waals surface area (Å²) in [5.74, 6) is 1.42. The number of aromatic nitrogens is 1. The fourth-order valence-electron chi connectivity index (χ4n) is 2.40. The van der Waals surface area contributed by atoms with Crippen LogP contribution in [0.25, 0.3) is 11.3 Å². The summed E-state index contributed by atoms with van der Waals surface area (Å²) in [5, 5.41) is 7.42. The molecule has 0 saturated carbocycles. The van der Waals surface area contributed by atoms with Crippen molar-refractivity contribution in [2.45, 2.75) is 6.54 Å². The Morgan fingerprint density at radius 1 is 1.08 bits per heavy atom. The predicted octanol–water partition coefficient (Wildman–Crippen LogP) is 3.94. The third-order valence-corrected chi connectivity index (χ3v) is 4.02. The number of halogens is 1. The summed E-state index contributed by atoms with van der Waals surface area (Å²) in [6.07, 6.45) is 0. The Labute approximate surface area is 155 Å². The van der Waals surface area contributed by atoms with Gasteiger partial charge in [0.1, 0.15) is 5.69 Å². The number of methoxy groups -OCH3 is 2. The Morgan fingerprint density at radius 2 is 1.81 bits per heavy atom. The van der Waals surface area contributed by atoms with E-state index in [2.05, 4.69) is 10.5 Å².